The van der Waals surface area contributed by atoms with Crippen molar-refractivity contribution in [2.75, 3.05) is 20.2 Å². The first-order valence-electron chi connectivity index (χ1n) is 8.00. The van der Waals surface area contributed by atoms with Gasteiger partial charge in [0.25, 0.3) is 0 Å². The first-order valence-corrected chi connectivity index (χ1v) is 8.00. The average molecular weight is 294 g/mol. The molecule has 118 valence electrons. The third kappa shape index (κ3) is 3.74. The lowest BCUT2D eigenvalue weighted by Gasteiger charge is -2.39. The third-order valence-corrected chi connectivity index (χ3v) is 4.59. The molecule has 0 saturated heterocycles. The van der Waals surface area contributed by atoms with Gasteiger partial charge in [0.05, 0.1) is 7.11 Å². The Labute approximate surface area is 127 Å². The smallest absolute Gasteiger partial charge is 0.165 e. The zero-order valence-corrected chi connectivity index (χ0v) is 13.1. The van der Waals surface area contributed by atoms with E-state index in [0.29, 0.717) is 12.6 Å². The summed E-state index contributed by atoms with van der Waals surface area (Å²) in [6.45, 7) is 3.62. The van der Waals surface area contributed by atoms with Crippen LogP contribution in [-0.4, -0.2) is 31.1 Å². The van der Waals surface area contributed by atoms with Crippen LogP contribution in [0.5, 0.6) is 5.75 Å². The van der Waals surface area contributed by atoms with Crippen molar-refractivity contribution in [2.45, 2.75) is 51.1 Å². The van der Waals surface area contributed by atoms with Crippen molar-refractivity contribution in [3.8, 4) is 5.75 Å². The summed E-state index contributed by atoms with van der Waals surface area (Å²) in [7, 11) is 1.48. The summed E-state index contributed by atoms with van der Waals surface area (Å²) < 4.78 is 19.0. The van der Waals surface area contributed by atoms with Crippen molar-refractivity contribution < 1.29 is 9.13 Å². The Hall–Kier alpha value is -1.13. The number of rotatable bonds is 6. The van der Waals surface area contributed by atoms with Crippen LogP contribution in [0.25, 0.3) is 0 Å². The van der Waals surface area contributed by atoms with Gasteiger partial charge < -0.3 is 10.5 Å². The predicted octanol–water partition coefficient (Wildman–Crippen LogP) is 3.49. The largest absolute Gasteiger partial charge is 0.494 e. The molecule has 1 aromatic carbocycles. The maximum atomic E-state index is 14.0. The van der Waals surface area contributed by atoms with Crippen LogP contribution >= 0.6 is 0 Å². The highest BCUT2D eigenvalue weighted by molar-refractivity contribution is 5.31. The molecule has 0 spiro atoms. The van der Waals surface area contributed by atoms with E-state index in [4.69, 9.17) is 10.5 Å². The second kappa shape index (κ2) is 7.76. The monoisotopic (exact) mass is 294 g/mol. The lowest BCUT2D eigenvalue weighted by Crippen LogP contribution is -2.42. The summed E-state index contributed by atoms with van der Waals surface area (Å²) in [5, 5.41) is 0. The molecular formula is C17H27FN2O. The van der Waals surface area contributed by atoms with Crippen molar-refractivity contribution >= 4 is 0 Å². The first kappa shape index (κ1) is 16.2. The number of nitrogens with two attached hydrogens (primary N) is 1. The summed E-state index contributed by atoms with van der Waals surface area (Å²) >= 11 is 0. The number of methoxy groups -OCH3 is 1. The minimum absolute atomic E-state index is 0.0820. The van der Waals surface area contributed by atoms with Gasteiger partial charge in [-0.2, -0.15) is 0 Å². The summed E-state index contributed by atoms with van der Waals surface area (Å²) in [6.07, 6.45) is 6.36. The molecule has 0 aromatic heterocycles. The molecule has 2 rings (SSSR count). The molecule has 0 bridgehead atoms. The first-order chi connectivity index (χ1) is 10.2. The number of halogens is 1. The Morgan fingerprint density at radius 2 is 2.05 bits per heavy atom. The molecule has 0 amide bonds. The number of nitrogens with zero attached hydrogens (tertiary/aromatic N) is 1. The second-order valence-corrected chi connectivity index (χ2v) is 5.77. The van der Waals surface area contributed by atoms with Crippen LogP contribution < -0.4 is 10.5 Å². The fourth-order valence-corrected chi connectivity index (χ4v) is 3.50. The number of hydrogen-bond acceptors (Lipinski definition) is 3. The topological polar surface area (TPSA) is 38.5 Å². The Balaban J connectivity index is 2.21. The van der Waals surface area contributed by atoms with Gasteiger partial charge in [-0.1, -0.05) is 32.3 Å². The molecule has 0 heterocycles. The lowest BCUT2D eigenvalue weighted by molar-refractivity contribution is 0.113. The average Bonchev–Trinajstić information content (AvgIpc) is 2.53. The molecule has 0 aliphatic heterocycles. The normalized spacial score (nSPS) is 18.0. The van der Waals surface area contributed by atoms with Crippen LogP contribution in [0.2, 0.25) is 0 Å². The molecule has 1 saturated carbocycles. The Kier molecular flexibility index (Phi) is 6.00. The fourth-order valence-electron chi connectivity index (χ4n) is 3.50. The van der Waals surface area contributed by atoms with Crippen molar-refractivity contribution in [1.29, 1.82) is 0 Å². The van der Waals surface area contributed by atoms with Gasteiger partial charge in [-0.05, 0) is 37.1 Å². The third-order valence-electron chi connectivity index (χ3n) is 4.59. The molecule has 0 radical (unpaired) electrons. The van der Waals surface area contributed by atoms with Crippen LogP contribution in [0.3, 0.4) is 0 Å². The van der Waals surface area contributed by atoms with E-state index >= 15 is 0 Å². The predicted molar refractivity (Wildman–Crippen MR) is 84.0 cm³/mol. The summed E-state index contributed by atoms with van der Waals surface area (Å²) in [4.78, 5) is 2.44. The number of hydrogen-bond donors (Lipinski definition) is 1. The highest BCUT2D eigenvalue weighted by Crippen LogP contribution is 2.31. The van der Waals surface area contributed by atoms with Gasteiger partial charge in [-0.15, -0.1) is 0 Å². The highest BCUT2D eigenvalue weighted by Gasteiger charge is 2.27. The van der Waals surface area contributed by atoms with Gasteiger partial charge in [0.15, 0.2) is 11.6 Å². The van der Waals surface area contributed by atoms with E-state index < -0.39 is 0 Å². The Bertz CT molecular complexity index is 446. The molecule has 1 aromatic rings. The molecule has 4 heteroatoms. The Morgan fingerprint density at radius 3 is 2.57 bits per heavy atom. The van der Waals surface area contributed by atoms with Gasteiger partial charge >= 0.3 is 0 Å². The molecule has 1 aliphatic carbocycles. The van der Waals surface area contributed by atoms with Gasteiger partial charge in [-0.3, -0.25) is 4.90 Å². The van der Waals surface area contributed by atoms with Crippen LogP contribution in [0.4, 0.5) is 4.39 Å². The van der Waals surface area contributed by atoms with Gasteiger partial charge in [0.1, 0.15) is 0 Å². The maximum Gasteiger partial charge on any atom is 0.165 e. The van der Waals surface area contributed by atoms with Crippen LogP contribution in [0.1, 0.15) is 50.6 Å². The molecular weight excluding hydrogens is 267 g/mol. The summed E-state index contributed by atoms with van der Waals surface area (Å²) in [5.41, 5.74) is 6.96. The zero-order chi connectivity index (χ0) is 15.2. The molecule has 1 fully saturated rings. The zero-order valence-electron chi connectivity index (χ0n) is 13.1. The minimum Gasteiger partial charge on any atom is -0.494 e. The van der Waals surface area contributed by atoms with Gasteiger partial charge in [-0.25, -0.2) is 4.39 Å². The lowest BCUT2D eigenvalue weighted by atomic mass is 9.92. The van der Waals surface area contributed by atoms with Crippen LogP contribution in [-0.2, 0) is 0 Å². The van der Waals surface area contributed by atoms with E-state index in [-0.39, 0.29) is 17.6 Å². The van der Waals surface area contributed by atoms with Crippen molar-refractivity contribution in [3.63, 3.8) is 0 Å². The van der Waals surface area contributed by atoms with E-state index in [9.17, 15) is 4.39 Å². The van der Waals surface area contributed by atoms with E-state index in [1.807, 2.05) is 6.07 Å². The van der Waals surface area contributed by atoms with Gasteiger partial charge in [0.2, 0.25) is 0 Å². The molecule has 21 heavy (non-hydrogen) atoms. The van der Waals surface area contributed by atoms with Crippen LogP contribution in [0, 0.1) is 5.82 Å². The van der Waals surface area contributed by atoms with Crippen LogP contribution in [0.15, 0.2) is 18.2 Å². The van der Waals surface area contributed by atoms with Crippen molar-refractivity contribution in [3.05, 3.63) is 29.6 Å². The van der Waals surface area contributed by atoms with E-state index in [2.05, 4.69) is 11.8 Å². The highest BCUT2D eigenvalue weighted by atomic mass is 19.1. The van der Waals surface area contributed by atoms with Crippen molar-refractivity contribution in [1.82, 2.24) is 4.90 Å². The molecule has 1 aliphatic rings. The summed E-state index contributed by atoms with van der Waals surface area (Å²) in [5.74, 6) is -0.0246. The second-order valence-electron chi connectivity index (χ2n) is 5.77. The Morgan fingerprint density at radius 1 is 1.33 bits per heavy atom. The molecule has 2 N–H and O–H groups in total. The fraction of sp³-hybridized carbons (Fsp3) is 0.647. The quantitative estimate of drug-likeness (QED) is 0.873. The number of likely N-dealkylation sites (N-methyl/N-ethyl adjacent to an activating group) is 1. The number of benzene rings is 1. The van der Waals surface area contributed by atoms with E-state index in [0.717, 1.165) is 12.1 Å². The standard InChI is InChI=1S/C17H27FN2O/c1-3-20(14-7-5-4-6-8-14)16(12-19)13-9-10-17(21-2)15(18)11-13/h9-11,14,16H,3-8,12,19H2,1-2H3. The molecule has 3 nitrogen and oxygen atoms in total. The van der Waals surface area contributed by atoms with Crippen molar-refractivity contribution in [2.24, 2.45) is 5.73 Å². The maximum absolute atomic E-state index is 14.0. The summed E-state index contributed by atoms with van der Waals surface area (Å²) in [6, 6.07) is 5.86. The SMILES string of the molecule is CCN(C1CCCCC1)C(CN)c1ccc(OC)c(F)c1. The van der Waals surface area contributed by atoms with Gasteiger partial charge in [0, 0.05) is 18.6 Å². The van der Waals surface area contributed by atoms with E-state index in [1.165, 1.54) is 39.2 Å². The van der Waals surface area contributed by atoms with E-state index in [1.54, 1.807) is 12.1 Å². The molecule has 1 unspecified atom stereocenters. The minimum atomic E-state index is -0.312. The molecule has 1 atom stereocenters. The number of ether oxygens (including phenoxy) is 1.